The van der Waals surface area contributed by atoms with Gasteiger partial charge in [-0.05, 0) is 66.8 Å². The molecular weight excluding hydrogens is 506 g/mol. The number of benzene rings is 1. The Morgan fingerprint density at radius 3 is 2.51 bits per heavy atom. The second-order valence-electron chi connectivity index (χ2n) is 10.7. The number of unbranched alkanes of at least 4 members (excludes halogenated alkanes) is 2. The van der Waals surface area contributed by atoms with Crippen LogP contribution in [-0.4, -0.2) is 63.8 Å². The number of carbonyl (C=O) groups is 1. The fourth-order valence-electron chi connectivity index (χ4n) is 5.09. The van der Waals surface area contributed by atoms with Gasteiger partial charge >= 0.3 is 6.03 Å². The maximum atomic E-state index is 15.3. The number of urea groups is 1. The molecule has 0 spiro atoms. The van der Waals surface area contributed by atoms with Crippen molar-refractivity contribution in [1.29, 1.82) is 0 Å². The molecule has 1 aromatic carbocycles. The number of anilines is 3. The van der Waals surface area contributed by atoms with Crippen LogP contribution in [0.3, 0.4) is 0 Å². The van der Waals surface area contributed by atoms with Crippen molar-refractivity contribution in [3.05, 3.63) is 29.5 Å². The Morgan fingerprint density at radius 1 is 1.15 bits per heavy atom. The zero-order valence-corrected chi connectivity index (χ0v) is 23.5. The SMILES string of the molecule is CCOc1cc(O)c(F)c(N2Cc3cnc(NCCCCCN(C(C)C)C(C)C)nc3N(C3CC3)C2=O)c1F. The van der Waals surface area contributed by atoms with Crippen LogP contribution in [0.15, 0.2) is 12.3 Å². The number of phenols is 1. The van der Waals surface area contributed by atoms with Gasteiger partial charge in [-0.1, -0.05) is 6.42 Å². The first-order valence-electron chi connectivity index (χ1n) is 13.9. The number of halogens is 2. The predicted molar refractivity (Wildman–Crippen MR) is 148 cm³/mol. The van der Waals surface area contributed by atoms with Gasteiger partial charge in [0.1, 0.15) is 11.5 Å². The summed E-state index contributed by atoms with van der Waals surface area (Å²) in [5.74, 6) is -2.49. The molecule has 0 radical (unpaired) electrons. The van der Waals surface area contributed by atoms with Crippen molar-refractivity contribution in [3.8, 4) is 11.5 Å². The summed E-state index contributed by atoms with van der Waals surface area (Å²) >= 11 is 0. The molecule has 4 rings (SSSR count). The molecule has 0 unspecified atom stereocenters. The first-order chi connectivity index (χ1) is 18.6. The molecule has 1 aliphatic heterocycles. The lowest BCUT2D eigenvalue weighted by Crippen LogP contribution is -2.49. The standard InChI is InChI=1S/C28H40F2N6O3/c1-6-39-22-14-21(37)23(29)25(24(22)30)35-16-19-15-32-27(33-26(19)36(28(35)38)20-10-11-20)31-12-8-7-9-13-34(17(2)3)18(4)5/h14-15,17-18,20,37H,6-13,16H2,1-5H3,(H,31,32,33). The molecular formula is C28H40F2N6O3. The van der Waals surface area contributed by atoms with E-state index in [1.165, 1.54) is 4.90 Å². The molecule has 39 heavy (non-hydrogen) atoms. The molecule has 11 heteroatoms. The highest BCUT2D eigenvalue weighted by atomic mass is 19.1. The number of hydrogen-bond acceptors (Lipinski definition) is 7. The Balaban J connectivity index is 1.46. The van der Waals surface area contributed by atoms with E-state index < -0.39 is 29.1 Å². The van der Waals surface area contributed by atoms with Gasteiger partial charge in [-0.3, -0.25) is 14.7 Å². The largest absolute Gasteiger partial charge is 0.505 e. The third-order valence-electron chi connectivity index (χ3n) is 7.14. The molecule has 0 atom stereocenters. The summed E-state index contributed by atoms with van der Waals surface area (Å²) in [4.78, 5) is 27.5. The van der Waals surface area contributed by atoms with E-state index in [9.17, 15) is 14.3 Å². The molecule has 1 fully saturated rings. The Kier molecular flexibility index (Phi) is 9.09. The molecule has 2 aliphatic rings. The lowest BCUT2D eigenvalue weighted by atomic mass is 10.1. The lowest BCUT2D eigenvalue weighted by molar-refractivity contribution is 0.171. The molecule has 0 bridgehead atoms. The normalized spacial score (nSPS) is 15.5. The monoisotopic (exact) mass is 546 g/mol. The summed E-state index contributed by atoms with van der Waals surface area (Å²) in [6.45, 7) is 12.3. The van der Waals surface area contributed by atoms with Crippen molar-refractivity contribution in [1.82, 2.24) is 14.9 Å². The molecule has 2 heterocycles. The molecule has 2 N–H and O–H groups in total. The number of rotatable bonds is 13. The van der Waals surface area contributed by atoms with Crippen LogP contribution in [0.1, 0.15) is 72.3 Å². The third-order valence-corrected chi connectivity index (χ3v) is 7.14. The molecule has 1 aromatic heterocycles. The minimum Gasteiger partial charge on any atom is -0.505 e. The number of amides is 2. The fourth-order valence-corrected chi connectivity index (χ4v) is 5.09. The summed E-state index contributed by atoms with van der Waals surface area (Å²) < 4.78 is 35.5. The Hall–Kier alpha value is -3.21. The molecule has 2 aromatic rings. The van der Waals surface area contributed by atoms with Gasteiger partial charge in [0.05, 0.1) is 13.2 Å². The van der Waals surface area contributed by atoms with E-state index >= 15 is 4.39 Å². The van der Waals surface area contributed by atoms with Crippen LogP contribution >= 0.6 is 0 Å². The van der Waals surface area contributed by atoms with E-state index in [1.807, 2.05) is 0 Å². The molecule has 9 nitrogen and oxygen atoms in total. The number of hydrogen-bond donors (Lipinski definition) is 2. The van der Waals surface area contributed by atoms with E-state index in [2.05, 4.69) is 47.9 Å². The summed E-state index contributed by atoms with van der Waals surface area (Å²) in [6, 6.07) is 1.21. The minimum atomic E-state index is -1.22. The smallest absolute Gasteiger partial charge is 0.330 e. The van der Waals surface area contributed by atoms with Gasteiger partial charge in [-0.2, -0.15) is 4.98 Å². The van der Waals surface area contributed by atoms with Crippen LogP contribution in [-0.2, 0) is 6.54 Å². The van der Waals surface area contributed by atoms with Crippen molar-refractivity contribution >= 4 is 23.5 Å². The third kappa shape index (κ3) is 6.34. The van der Waals surface area contributed by atoms with Crippen molar-refractivity contribution in [3.63, 3.8) is 0 Å². The topological polar surface area (TPSA) is 94.1 Å². The maximum Gasteiger partial charge on any atom is 0.330 e. The van der Waals surface area contributed by atoms with Crippen LogP contribution in [0.4, 0.5) is 31.0 Å². The summed E-state index contributed by atoms with van der Waals surface area (Å²) in [7, 11) is 0. The number of carbonyl (C=O) groups excluding carboxylic acids is 1. The number of aromatic nitrogens is 2. The molecule has 1 aliphatic carbocycles. The van der Waals surface area contributed by atoms with Crippen LogP contribution in [0, 0.1) is 11.6 Å². The predicted octanol–water partition coefficient (Wildman–Crippen LogP) is 5.67. The second kappa shape index (κ2) is 12.3. The van der Waals surface area contributed by atoms with Crippen molar-refractivity contribution in [2.75, 3.05) is 34.8 Å². The zero-order chi connectivity index (χ0) is 28.3. The van der Waals surface area contributed by atoms with Crippen molar-refractivity contribution in [2.24, 2.45) is 0 Å². The second-order valence-corrected chi connectivity index (χ2v) is 10.7. The Morgan fingerprint density at radius 2 is 1.87 bits per heavy atom. The van der Waals surface area contributed by atoms with Gasteiger partial charge in [-0.25, -0.2) is 18.6 Å². The number of nitrogens with one attached hydrogen (secondary N) is 1. The van der Waals surface area contributed by atoms with E-state index in [0.717, 1.165) is 49.6 Å². The van der Waals surface area contributed by atoms with E-state index in [0.29, 0.717) is 36.0 Å². The van der Waals surface area contributed by atoms with Crippen LogP contribution in [0.2, 0.25) is 0 Å². The number of fused-ring (bicyclic) bond motifs is 1. The van der Waals surface area contributed by atoms with E-state index in [-0.39, 0.29) is 24.9 Å². The number of aromatic hydroxyl groups is 1. The van der Waals surface area contributed by atoms with Crippen LogP contribution in [0.25, 0.3) is 0 Å². The summed E-state index contributed by atoms with van der Waals surface area (Å²) in [5.41, 5.74) is -0.0786. The fraction of sp³-hybridized carbons (Fsp3) is 0.607. The van der Waals surface area contributed by atoms with Gasteiger partial charge in [0, 0.05) is 42.5 Å². The van der Waals surface area contributed by atoms with Crippen molar-refractivity contribution < 1.29 is 23.4 Å². The van der Waals surface area contributed by atoms with Gasteiger partial charge in [0.15, 0.2) is 23.1 Å². The lowest BCUT2D eigenvalue weighted by Gasteiger charge is -2.36. The Bertz CT molecular complexity index is 1170. The molecule has 1 saturated carbocycles. The number of nitrogens with zero attached hydrogens (tertiary/aromatic N) is 5. The summed E-state index contributed by atoms with van der Waals surface area (Å²) in [6.07, 6.45) is 6.26. The maximum absolute atomic E-state index is 15.3. The summed E-state index contributed by atoms with van der Waals surface area (Å²) in [5, 5.41) is 13.3. The first kappa shape index (κ1) is 28.8. The minimum absolute atomic E-state index is 0.110. The number of phenolic OH excluding ortho intramolecular Hbond substituents is 1. The highest BCUT2D eigenvalue weighted by Gasteiger charge is 2.44. The first-order valence-corrected chi connectivity index (χ1v) is 13.9. The van der Waals surface area contributed by atoms with E-state index in [1.54, 1.807) is 13.1 Å². The average Bonchev–Trinajstić information content (AvgIpc) is 3.72. The quantitative estimate of drug-likeness (QED) is 0.313. The van der Waals surface area contributed by atoms with Crippen LogP contribution in [0.5, 0.6) is 11.5 Å². The molecule has 214 valence electrons. The highest BCUT2D eigenvalue weighted by Crippen LogP contribution is 2.43. The zero-order valence-electron chi connectivity index (χ0n) is 23.5. The van der Waals surface area contributed by atoms with E-state index in [4.69, 9.17) is 4.74 Å². The van der Waals surface area contributed by atoms with Gasteiger partial charge in [0.25, 0.3) is 0 Å². The number of ether oxygens (including phenoxy) is 1. The van der Waals surface area contributed by atoms with Gasteiger partial charge in [0.2, 0.25) is 5.95 Å². The Labute approximate surface area is 229 Å². The van der Waals surface area contributed by atoms with Gasteiger partial charge in [-0.15, -0.1) is 0 Å². The van der Waals surface area contributed by atoms with Crippen LogP contribution < -0.4 is 19.9 Å². The van der Waals surface area contributed by atoms with Gasteiger partial charge < -0.3 is 15.2 Å². The highest BCUT2D eigenvalue weighted by molar-refractivity contribution is 6.06. The molecule has 2 amide bonds. The van der Waals surface area contributed by atoms with Crippen molar-refractivity contribution in [2.45, 2.75) is 91.4 Å². The average molecular weight is 547 g/mol. The molecule has 0 saturated heterocycles.